The minimum Gasteiger partial charge on any atom is -0.478 e. The van der Waals surface area contributed by atoms with Crippen LogP contribution in [0, 0.1) is 11.7 Å². The van der Waals surface area contributed by atoms with Crippen molar-refractivity contribution in [3.8, 4) is 0 Å². The molecule has 0 atom stereocenters. The van der Waals surface area contributed by atoms with Gasteiger partial charge in [-0.05, 0) is 37.8 Å². The number of hydrogen-bond donors (Lipinski definition) is 2. The van der Waals surface area contributed by atoms with Gasteiger partial charge in [-0.25, -0.2) is 14.0 Å². The maximum atomic E-state index is 13.7. The number of halogens is 1. The van der Waals surface area contributed by atoms with Crippen LogP contribution in [0.4, 0.5) is 14.9 Å². The zero-order chi connectivity index (χ0) is 14.7. The topological polar surface area (TPSA) is 69.6 Å². The molecule has 5 nitrogen and oxygen atoms in total. The Kier molecular flexibility index (Phi) is 4.22. The van der Waals surface area contributed by atoms with Gasteiger partial charge in [0.15, 0.2) is 0 Å². The van der Waals surface area contributed by atoms with Crippen molar-refractivity contribution < 1.29 is 19.1 Å². The van der Waals surface area contributed by atoms with Crippen LogP contribution in [-0.2, 0) is 0 Å². The molecule has 0 bridgehead atoms. The van der Waals surface area contributed by atoms with Crippen LogP contribution >= 0.6 is 0 Å². The molecular formula is C14H17FN2O3. The van der Waals surface area contributed by atoms with Crippen molar-refractivity contribution in [3.63, 3.8) is 0 Å². The largest absolute Gasteiger partial charge is 0.478 e. The van der Waals surface area contributed by atoms with Crippen molar-refractivity contribution in [1.82, 2.24) is 4.90 Å². The van der Waals surface area contributed by atoms with Crippen molar-refractivity contribution in [2.75, 3.05) is 18.4 Å². The summed E-state index contributed by atoms with van der Waals surface area (Å²) in [7, 11) is 0. The summed E-state index contributed by atoms with van der Waals surface area (Å²) in [6.45, 7) is 2.96. The number of carboxylic acid groups (broad SMARTS) is 1. The molecule has 0 aliphatic heterocycles. The quantitative estimate of drug-likeness (QED) is 0.871. The van der Waals surface area contributed by atoms with E-state index in [-0.39, 0.29) is 11.3 Å². The molecule has 0 radical (unpaired) electrons. The highest BCUT2D eigenvalue weighted by molar-refractivity contribution is 6.00. The number of urea groups is 1. The van der Waals surface area contributed by atoms with E-state index in [1.54, 1.807) is 4.90 Å². The minimum atomic E-state index is -1.27. The third kappa shape index (κ3) is 3.26. The lowest BCUT2D eigenvalue weighted by molar-refractivity contribution is 0.0697. The predicted molar refractivity (Wildman–Crippen MR) is 72.3 cm³/mol. The molecule has 2 N–H and O–H groups in total. The normalized spacial score (nSPS) is 13.9. The predicted octanol–water partition coefficient (Wildman–Crippen LogP) is 2.79. The molecule has 2 amide bonds. The van der Waals surface area contributed by atoms with E-state index < -0.39 is 17.8 Å². The van der Waals surface area contributed by atoms with E-state index in [0.29, 0.717) is 19.0 Å². The van der Waals surface area contributed by atoms with Gasteiger partial charge < -0.3 is 15.3 Å². The van der Waals surface area contributed by atoms with Gasteiger partial charge in [0.25, 0.3) is 0 Å². The molecule has 1 aromatic carbocycles. The van der Waals surface area contributed by atoms with Crippen LogP contribution in [0.1, 0.15) is 30.1 Å². The van der Waals surface area contributed by atoms with Crippen molar-refractivity contribution in [2.45, 2.75) is 19.8 Å². The summed E-state index contributed by atoms with van der Waals surface area (Å²) in [5.41, 5.74) is -0.528. The first kappa shape index (κ1) is 14.3. The van der Waals surface area contributed by atoms with Crippen LogP contribution in [0.2, 0.25) is 0 Å². The Labute approximate surface area is 116 Å². The Bertz CT molecular complexity index is 529. The number of carbonyl (C=O) groups excluding carboxylic acids is 1. The third-order valence-electron chi connectivity index (χ3n) is 3.32. The summed E-state index contributed by atoms with van der Waals surface area (Å²) in [6, 6.07) is 3.22. The average molecular weight is 280 g/mol. The molecule has 0 saturated heterocycles. The number of rotatable bonds is 5. The number of carbonyl (C=O) groups is 2. The zero-order valence-electron chi connectivity index (χ0n) is 11.2. The number of amides is 2. The molecule has 2 rings (SSSR count). The SMILES string of the molecule is CCN(CC1CC1)C(=O)Nc1c(F)cccc1C(=O)O. The van der Waals surface area contributed by atoms with Gasteiger partial charge in [0.05, 0.1) is 11.3 Å². The van der Waals surface area contributed by atoms with Gasteiger partial charge in [0.2, 0.25) is 0 Å². The summed E-state index contributed by atoms with van der Waals surface area (Å²) in [6.07, 6.45) is 2.20. The molecular weight excluding hydrogens is 263 g/mol. The molecule has 1 saturated carbocycles. The van der Waals surface area contributed by atoms with E-state index in [1.165, 1.54) is 12.1 Å². The van der Waals surface area contributed by atoms with Crippen LogP contribution in [0.15, 0.2) is 18.2 Å². The van der Waals surface area contributed by atoms with Gasteiger partial charge in [0.1, 0.15) is 5.82 Å². The van der Waals surface area contributed by atoms with Gasteiger partial charge >= 0.3 is 12.0 Å². The first-order valence-electron chi connectivity index (χ1n) is 6.60. The van der Waals surface area contributed by atoms with Crippen LogP contribution < -0.4 is 5.32 Å². The molecule has 0 unspecified atom stereocenters. The fourth-order valence-electron chi connectivity index (χ4n) is 1.98. The Morgan fingerprint density at radius 2 is 2.15 bits per heavy atom. The fraction of sp³-hybridized carbons (Fsp3) is 0.429. The maximum absolute atomic E-state index is 13.7. The van der Waals surface area contributed by atoms with E-state index in [2.05, 4.69) is 5.32 Å². The third-order valence-corrected chi connectivity index (χ3v) is 3.32. The first-order chi connectivity index (χ1) is 9.52. The molecule has 6 heteroatoms. The van der Waals surface area contributed by atoms with Crippen LogP contribution in [0.3, 0.4) is 0 Å². The monoisotopic (exact) mass is 280 g/mol. The van der Waals surface area contributed by atoms with E-state index in [0.717, 1.165) is 18.9 Å². The van der Waals surface area contributed by atoms with Gasteiger partial charge in [0, 0.05) is 13.1 Å². The van der Waals surface area contributed by atoms with Crippen molar-refractivity contribution in [2.24, 2.45) is 5.92 Å². The highest BCUT2D eigenvalue weighted by Crippen LogP contribution is 2.30. The van der Waals surface area contributed by atoms with Crippen LogP contribution in [0.25, 0.3) is 0 Å². The second-order valence-electron chi connectivity index (χ2n) is 4.88. The maximum Gasteiger partial charge on any atom is 0.337 e. The summed E-state index contributed by atoms with van der Waals surface area (Å²) < 4.78 is 13.7. The molecule has 1 fully saturated rings. The zero-order valence-corrected chi connectivity index (χ0v) is 11.2. The Morgan fingerprint density at radius 1 is 1.45 bits per heavy atom. The average Bonchev–Trinajstić information content (AvgIpc) is 3.21. The molecule has 20 heavy (non-hydrogen) atoms. The summed E-state index contributed by atoms with van der Waals surface area (Å²) in [4.78, 5) is 24.7. The lowest BCUT2D eigenvalue weighted by Crippen LogP contribution is -2.36. The van der Waals surface area contributed by atoms with E-state index in [9.17, 15) is 14.0 Å². The van der Waals surface area contributed by atoms with E-state index in [1.807, 2.05) is 6.92 Å². The number of aromatic carboxylic acids is 1. The number of hydrogen-bond acceptors (Lipinski definition) is 2. The summed E-state index contributed by atoms with van der Waals surface area (Å²) in [5.74, 6) is -1.51. The molecule has 1 aromatic rings. The smallest absolute Gasteiger partial charge is 0.337 e. The lowest BCUT2D eigenvalue weighted by atomic mass is 10.1. The van der Waals surface area contributed by atoms with Gasteiger partial charge in [-0.15, -0.1) is 0 Å². The van der Waals surface area contributed by atoms with Gasteiger partial charge in [-0.3, -0.25) is 0 Å². The Balaban J connectivity index is 2.15. The Hall–Kier alpha value is -2.11. The first-order valence-corrected chi connectivity index (χ1v) is 6.60. The highest BCUT2D eigenvalue weighted by Gasteiger charge is 2.27. The summed E-state index contributed by atoms with van der Waals surface area (Å²) in [5, 5.41) is 11.4. The Morgan fingerprint density at radius 3 is 2.70 bits per heavy atom. The van der Waals surface area contributed by atoms with Crippen LogP contribution in [-0.4, -0.2) is 35.1 Å². The van der Waals surface area contributed by atoms with E-state index in [4.69, 9.17) is 5.11 Å². The lowest BCUT2D eigenvalue weighted by Gasteiger charge is -2.21. The van der Waals surface area contributed by atoms with Gasteiger partial charge in [-0.1, -0.05) is 6.07 Å². The number of benzene rings is 1. The fourth-order valence-corrected chi connectivity index (χ4v) is 1.98. The molecule has 0 heterocycles. The van der Waals surface area contributed by atoms with Crippen molar-refractivity contribution in [1.29, 1.82) is 0 Å². The second kappa shape index (κ2) is 5.90. The highest BCUT2D eigenvalue weighted by atomic mass is 19.1. The number of anilines is 1. The molecule has 0 spiro atoms. The van der Waals surface area contributed by atoms with Crippen molar-refractivity contribution in [3.05, 3.63) is 29.6 Å². The number of carboxylic acids is 1. The molecule has 1 aliphatic rings. The molecule has 108 valence electrons. The number of nitrogens with zero attached hydrogens (tertiary/aromatic N) is 1. The van der Waals surface area contributed by atoms with Crippen molar-refractivity contribution >= 4 is 17.7 Å². The minimum absolute atomic E-state index is 0.249. The molecule has 0 aromatic heterocycles. The number of nitrogens with one attached hydrogen (secondary N) is 1. The van der Waals surface area contributed by atoms with Crippen LogP contribution in [0.5, 0.6) is 0 Å². The standard InChI is InChI=1S/C14H17FN2O3/c1-2-17(8-9-6-7-9)14(20)16-12-10(13(18)19)4-3-5-11(12)15/h3-5,9H,2,6-8H2,1H3,(H,16,20)(H,18,19). The number of para-hydroxylation sites is 1. The molecule has 1 aliphatic carbocycles. The second-order valence-corrected chi connectivity index (χ2v) is 4.88. The van der Waals surface area contributed by atoms with Gasteiger partial charge in [-0.2, -0.15) is 0 Å². The summed E-state index contributed by atoms with van der Waals surface area (Å²) >= 11 is 0. The van der Waals surface area contributed by atoms with E-state index >= 15 is 0 Å².